The lowest BCUT2D eigenvalue weighted by Crippen LogP contribution is -2.49. The molecule has 158 valence electrons. The van der Waals surface area contributed by atoms with Gasteiger partial charge in [-0.1, -0.05) is 60.7 Å². The number of sulfonamides is 1. The van der Waals surface area contributed by atoms with E-state index in [4.69, 9.17) is 0 Å². The zero-order chi connectivity index (χ0) is 21.3. The molecule has 2 aromatic carbocycles. The van der Waals surface area contributed by atoms with Gasteiger partial charge in [0.15, 0.2) is 0 Å². The molecule has 0 saturated carbocycles. The quantitative estimate of drug-likeness (QED) is 0.460. The average Bonchev–Trinajstić information content (AvgIpc) is 3.25. The van der Waals surface area contributed by atoms with E-state index in [1.54, 1.807) is 22.0 Å². The van der Waals surface area contributed by atoms with Crippen LogP contribution in [0.4, 0.5) is 5.82 Å². The van der Waals surface area contributed by atoms with Gasteiger partial charge in [0.1, 0.15) is 17.0 Å². The molecule has 4 aromatic rings. The fourth-order valence-electron chi connectivity index (χ4n) is 3.89. The molecule has 1 aliphatic heterocycles. The monoisotopic (exact) mass is 450 g/mol. The number of aromatic nitrogens is 2. The van der Waals surface area contributed by atoms with Crippen LogP contribution in [0, 0.1) is 0 Å². The highest BCUT2D eigenvalue weighted by Crippen LogP contribution is 2.36. The van der Waals surface area contributed by atoms with Crippen LogP contribution in [0.3, 0.4) is 0 Å². The van der Waals surface area contributed by atoms with Gasteiger partial charge < -0.3 is 4.90 Å². The highest BCUT2D eigenvalue weighted by molar-refractivity contribution is 7.88. The molecular formula is C23H22N4O2S2. The first-order chi connectivity index (χ1) is 15.1. The van der Waals surface area contributed by atoms with E-state index in [1.165, 1.54) is 0 Å². The number of fused-ring (bicyclic) bond motifs is 1. The molecule has 0 atom stereocenters. The summed E-state index contributed by atoms with van der Waals surface area (Å²) in [6, 6.07) is 21.7. The molecule has 0 aliphatic carbocycles. The summed E-state index contributed by atoms with van der Waals surface area (Å²) >= 11 is 1.65. The molecule has 6 nitrogen and oxygen atoms in total. The van der Waals surface area contributed by atoms with Crippen LogP contribution in [-0.2, 0) is 15.8 Å². The maximum Gasteiger partial charge on any atom is 0.218 e. The molecule has 2 aromatic heterocycles. The van der Waals surface area contributed by atoms with Crippen molar-refractivity contribution in [1.29, 1.82) is 0 Å². The normalized spacial score (nSPS) is 15.4. The number of thiophene rings is 1. The molecule has 0 radical (unpaired) electrons. The van der Waals surface area contributed by atoms with Gasteiger partial charge in [-0.25, -0.2) is 18.4 Å². The van der Waals surface area contributed by atoms with Crippen molar-refractivity contribution in [2.75, 3.05) is 31.1 Å². The van der Waals surface area contributed by atoms with Gasteiger partial charge in [0.05, 0.1) is 11.1 Å². The maximum atomic E-state index is 12.9. The Hall–Kier alpha value is -2.81. The van der Waals surface area contributed by atoms with Crippen LogP contribution in [0.5, 0.6) is 0 Å². The fraction of sp³-hybridized carbons (Fsp3) is 0.217. The molecule has 0 N–H and O–H groups in total. The Bertz CT molecular complexity index is 1280. The standard InChI is InChI=1S/C23H22N4O2S2/c28-31(29,16-18-7-3-1-4-8-18)27-13-11-26(12-14-27)22-20-15-21(19-9-5-2-6-10-19)30-23(20)25-17-24-22/h1-10,15,17H,11-14,16H2. The number of nitrogens with zero attached hydrogens (tertiary/aromatic N) is 4. The number of anilines is 1. The molecule has 0 amide bonds. The third kappa shape index (κ3) is 4.19. The first-order valence-corrected chi connectivity index (χ1v) is 12.6. The molecule has 5 rings (SSSR count). The minimum absolute atomic E-state index is 0.0383. The minimum atomic E-state index is -3.34. The maximum absolute atomic E-state index is 12.9. The van der Waals surface area contributed by atoms with Gasteiger partial charge in [-0.2, -0.15) is 4.31 Å². The number of rotatable bonds is 5. The van der Waals surface area contributed by atoms with Crippen LogP contribution < -0.4 is 4.90 Å². The second kappa shape index (κ2) is 8.37. The molecule has 0 spiro atoms. The Labute approximate surface area is 185 Å². The van der Waals surface area contributed by atoms with Crippen LogP contribution in [0.25, 0.3) is 20.7 Å². The molecule has 0 unspecified atom stereocenters. The Morgan fingerprint density at radius 2 is 1.55 bits per heavy atom. The highest BCUT2D eigenvalue weighted by Gasteiger charge is 2.28. The van der Waals surface area contributed by atoms with Crippen molar-refractivity contribution in [1.82, 2.24) is 14.3 Å². The molecule has 8 heteroatoms. The third-order valence-corrected chi connectivity index (χ3v) is 8.43. The van der Waals surface area contributed by atoms with Crippen molar-refractivity contribution in [3.8, 4) is 10.4 Å². The van der Waals surface area contributed by atoms with Crippen molar-refractivity contribution in [3.63, 3.8) is 0 Å². The first-order valence-electron chi connectivity index (χ1n) is 10.2. The largest absolute Gasteiger partial charge is 0.353 e. The van der Waals surface area contributed by atoms with Crippen LogP contribution in [0.2, 0.25) is 0 Å². The molecule has 31 heavy (non-hydrogen) atoms. The van der Waals surface area contributed by atoms with Crippen molar-refractivity contribution in [2.45, 2.75) is 5.75 Å². The minimum Gasteiger partial charge on any atom is -0.353 e. The van der Waals surface area contributed by atoms with Gasteiger partial charge in [0.2, 0.25) is 10.0 Å². The van der Waals surface area contributed by atoms with Gasteiger partial charge in [-0.3, -0.25) is 0 Å². The Morgan fingerprint density at radius 3 is 2.26 bits per heavy atom. The van der Waals surface area contributed by atoms with E-state index in [-0.39, 0.29) is 5.75 Å². The van der Waals surface area contributed by atoms with Gasteiger partial charge >= 0.3 is 0 Å². The van der Waals surface area contributed by atoms with E-state index >= 15 is 0 Å². The summed E-state index contributed by atoms with van der Waals surface area (Å²) in [7, 11) is -3.34. The highest BCUT2D eigenvalue weighted by atomic mass is 32.2. The average molecular weight is 451 g/mol. The van der Waals surface area contributed by atoms with E-state index in [0.717, 1.165) is 32.0 Å². The number of benzene rings is 2. The third-order valence-electron chi connectivity index (χ3n) is 5.49. The van der Waals surface area contributed by atoms with Crippen LogP contribution >= 0.6 is 11.3 Å². The van der Waals surface area contributed by atoms with Crippen molar-refractivity contribution in [3.05, 3.63) is 78.6 Å². The Balaban J connectivity index is 1.34. The second-order valence-corrected chi connectivity index (χ2v) is 10.5. The summed E-state index contributed by atoms with van der Waals surface area (Å²) < 4.78 is 27.3. The van der Waals surface area contributed by atoms with Gasteiger partial charge in [-0.15, -0.1) is 11.3 Å². The molecule has 1 fully saturated rings. The number of piperazine rings is 1. The summed E-state index contributed by atoms with van der Waals surface area (Å²) in [5, 5.41) is 1.02. The van der Waals surface area contributed by atoms with Crippen LogP contribution in [-0.4, -0.2) is 48.9 Å². The summed E-state index contributed by atoms with van der Waals surface area (Å²) in [5.74, 6) is 0.917. The van der Waals surface area contributed by atoms with E-state index in [9.17, 15) is 8.42 Å². The summed E-state index contributed by atoms with van der Waals surface area (Å²) in [6.07, 6.45) is 1.60. The molecule has 1 aliphatic rings. The van der Waals surface area contributed by atoms with Crippen LogP contribution in [0.15, 0.2) is 73.1 Å². The number of hydrogen-bond donors (Lipinski definition) is 0. The topological polar surface area (TPSA) is 66.4 Å². The van der Waals surface area contributed by atoms with E-state index in [1.807, 2.05) is 48.5 Å². The van der Waals surface area contributed by atoms with Gasteiger partial charge in [0.25, 0.3) is 0 Å². The zero-order valence-corrected chi connectivity index (χ0v) is 18.5. The lowest BCUT2D eigenvalue weighted by molar-refractivity contribution is 0.383. The second-order valence-electron chi connectivity index (χ2n) is 7.52. The van der Waals surface area contributed by atoms with Gasteiger partial charge in [0, 0.05) is 31.1 Å². The summed E-state index contributed by atoms with van der Waals surface area (Å²) in [4.78, 5) is 13.3. The van der Waals surface area contributed by atoms with Crippen molar-refractivity contribution >= 4 is 37.4 Å². The summed E-state index contributed by atoms with van der Waals surface area (Å²) in [6.45, 7) is 2.12. The smallest absolute Gasteiger partial charge is 0.218 e. The van der Waals surface area contributed by atoms with Crippen molar-refractivity contribution in [2.24, 2.45) is 0 Å². The van der Waals surface area contributed by atoms with E-state index < -0.39 is 10.0 Å². The molecule has 0 bridgehead atoms. The lowest BCUT2D eigenvalue weighted by atomic mass is 10.2. The number of hydrogen-bond acceptors (Lipinski definition) is 6. The predicted molar refractivity (Wildman–Crippen MR) is 126 cm³/mol. The first kappa shape index (κ1) is 20.1. The van der Waals surface area contributed by atoms with E-state index in [2.05, 4.69) is 33.1 Å². The molecule has 1 saturated heterocycles. The fourth-order valence-corrected chi connectivity index (χ4v) is 6.41. The Kier molecular flexibility index (Phi) is 5.43. The lowest BCUT2D eigenvalue weighted by Gasteiger charge is -2.34. The summed E-state index contributed by atoms with van der Waals surface area (Å²) in [5.41, 5.74) is 1.97. The molecular weight excluding hydrogens is 428 g/mol. The Morgan fingerprint density at radius 1 is 0.871 bits per heavy atom. The van der Waals surface area contributed by atoms with E-state index in [0.29, 0.717) is 26.2 Å². The van der Waals surface area contributed by atoms with Crippen molar-refractivity contribution < 1.29 is 8.42 Å². The predicted octanol–water partition coefficient (Wildman–Crippen LogP) is 4.01. The SMILES string of the molecule is O=S(=O)(Cc1ccccc1)N1CCN(c2ncnc3sc(-c4ccccc4)cc23)CC1. The van der Waals surface area contributed by atoms with Crippen LogP contribution in [0.1, 0.15) is 5.56 Å². The van der Waals surface area contributed by atoms with Gasteiger partial charge in [-0.05, 0) is 17.2 Å². The molecule has 3 heterocycles. The zero-order valence-electron chi connectivity index (χ0n) is 16.9.